The summed E-state index contributed by atoms with van der Waals surface area (Å²) in [7, 11) is 0. The number of para-hydroxylation sites is 1. The first-order chi connectivity index (χ1) is 12.4. The fourth-order valence-corrected chi connectivity index (χ4v) is 4.36. The molecule has 0 amide bonds. The van der Waals surface area contributed by atoms with Crippen LogP contribution in [0.2, 0.25) is 0 Å². The molecule has 2 nitrogen and oxygen atoms in total. The summed E-state index contributed by atoms with van der Waals surface area (Å²) in [5.74, 6) is 0.0467. The lowest BCUT2D eigenvalue weighted by Crippen LogP contribution is -2.21. The second-order valence-corrected chi connectivity index (χ2v) is 8.26. The highest BCUT2D eigenvalue weighted by Crippen LogP contribution is 2.40. The first-order valence-corrected chi connectivity index (χ1v) is 10.6. The van der Waals surface area contributed by atoms with Gasteiger partial charge in [-0.3, -0.25) is 4.79 Å². The summed E-state index contributed by atoms with van der Waals surface area (Å²) in [4.78, 5) is 14.8. The molecular formula is C23H31NOS. The molecule has 2 rings (SSSR count). The SMILES string of the molecule is CCN(/C(=C\C(=O)/C=C/C1=C(C)CCCC1(C)C)SC)c1ccccc1. The molecule has 0 aliphatic heterocycles. The van der Waals surface area contributed by atoms with E-state index in [2.05, 4.69) is 44.7 Å². The van der Waals surface area contributed by atoms with Gasteiger partial charge in [0.1, 0.15) is 0 Å². The van der Waals surface area contributed by atoms with Crippen molar-refractivity contribution < 1.29 is 4.79 Å². The molecule has 0 radical (unpaired) electrons. The Morgan fingerprint density at radius 1 is 1.27 bits per heavy atom. The van der Waals surface area contributed by atoms with Gasteiger partial charge in [-0.05, 0) is 68.6 Å². The standard InChI is InChI=1S/C23H31NOS/c1-6-24(19-12-8-7-9-13-19)22(26-5)17-20(25)14-15-21-18(2)11-10-16-23(21,3)4/h7-9,12-15,17H,6,10-11,16H2,1-5H3/b15-14+,22-17+. The van der Waals surface area contributed by atoms with E-state index in [9.17, 15) is 4.79 Å². The van der Waals surface area contributed by atoms with E-state index in [4.69, 9.17) is 0 Å². The largest absolute Gasteiger partial charge is 0.336 e. The highest BCUT2D eigenvalue weighted by molar-refractivity contribution is 8.02. The number of hydrogen-bond acceptors (Lipinski definition) is 3. The average molecular weight is 370 g/mol. The van der Waals surface area contributed by atoms with E-state index in [1.807, 2.05) is 30.5 Å². The maximum Gasteiger partial charge on any atom is 0.181 e. The second-order valence-electron chi connectivity index (χ2n) is 7.43. The number of ketones is 1. The van der Waals surface area contributed by atoms with Crippen LogP contribution in [0.4, 0.5) is 5.69 Å². The van der Waals surface area contributed by atoms with Gasteiger partial charge in [0, 0.05) is 18.3 Å². The summed E-state index contributed by atoms with van der Waals surface area (Å²) >= 11 is 1.61. The van der Waals surface area contributed by atoms with Gasteiger partial charge in [-0.2, -0.15) is 0 Å². The molecule has 0 aromatic heterocycles. The zero-order valence-corrected chi connectivity index (χ0v) is 17.5. The highest BCUT2D eigenvalue weighted by atomic mass is 32.2. The smallest absolute Gasteiger partial charge is 0.181 e. The molecule has 3 heteroatoms. The summed E-state index contributed by atoms with van der Waals surface area (Å²) in [5.41, 5.74) is 4.01. The van der Waals surface area contributed by atoms with Crippen LogP contribution < -0.4 is 4.90 Å². The van der Waals surface area contributed by atoms with E-state index < -0.39 is 0 Å². The maximum absolute atomic E-state index is 12.6. The van der Waals surface area contributed by atoms with E-state index in [-0.39, 0.29) is 11.2 Å². The zero-order chi connectivity index (χ0) is 19.2. The Labute approximate surface area is 163 Å². The number of allylic oxidation sites excluding steroid dienone is 5. The Hall–Kier alpha value is -1.74. The van der Waals surface area contributed by atoms with E-state index in [0.29, 0.717) is 0 Å². The van der Waals surface area contributed by atoms with E-state index in [1.165, 1.54) is 24.0 Å². The van der Waals surface area contributed by atoms with E-state index in [1.54, 1.807) is 23.9 Å². The van der Waals surface area contributed by atoms with Crippen LogP contribution in [-0.4, -0.2) is 18.6 Å². The van der Waals surface area contributed by atoms with Crippen molar-refractivity contribution in [3.63, 3.8) is 0 Å². The van der Waals surface area contributed by atoms with Gasteiger partial charge in [-0.1, -0.05) is 43.7 Å². The molecule has 0 spiro atoms. The summed E-state index contributed by atoms with van der Waals surface area (Å²) in [6.07, 6.45) is 11.1. The molecule has 1 aromatic rings. The molecule has 0 saturated heterocycles. The van der Waals surface area contributed by atoms with Crippen molar-refractivity contribution >= 4 is 23.2 Å². The first-order valence-electron chi connectivity index (χ1n) is 9.39. The van der Waals surface area contributed by atoms with Crippen molar-refractivity contribution in [1.29, 1.82) is 0 Å². The van der Waals surface area contributed by atoms with E-state index in [0.717, 1.165) is 23.7 Å². The zero-order valence-electron chi connectivity index (χ0n) is 16.7. The Kier molecular flexibility index (Phi) is 7.33. The minimum Gasteiger partial charge on any atom is -0.336 e. The monoisotopic (exact) mass is 369 g/mol. The van der Waals surface area contributed by atoms with Crippen molar-refractivity contribution in [2.24, 2.45) is 5.41 Å². The van der Waals surface area contributed by atoms with Crippen molar-refractivity contribution in [3.8, 4) is 0 Å². The molecule has 0 unspecified atom stereocenters. The van der Waals surface area contributed by atoms with Gasteiger partial charge >= 0.3 is 0 Å². The molecule has 0 saturated carbocycles. The molecule has 1 aliphatic rings. The van der Waals surface area contributed by atoms with Crippen molar-refractivity contribution in [1.82, 2.24) is 0 Å². The number of benzene rings is 1. The lowest BCUT2D eigenvalue weighted by atomic mass is 9.72. The highest BCUT2D eigenvalue weighted by Gasteiger charge is 2.26. The van der Waals surface area contributed by atoms with Crippen LogP contribution in [0.3, 0.4) is 0 Å². The molecule has 0 fully saturated rings. The van der Waals surface area contributed by atoms with Gasteiger partial charge in [0.25, 0.3) is 0 Å². The molecule has 1 aromatic carbocycles. The van der Waals surface area contributed by atoms with Crippen molar-refractivity contribution in [2.45, 2.75) is 47.0 Å². The number of thioether (sulfide) groups is 1. The lowest BCUT2D eigenvalue weighted by Gasteiger charge is -2.32. The molecule has 0 N–H and O–H groups in total. The predicted molar refractivity (Wildman–Crippen MR) is 116 cm³/mol. The Bertz CT molecular complexity index is 713. The van der Waals surface area contributed by atoms with Crippen LogP contribution in [0.5, 0.6) is 0 Å². The lowest BCUT2D eigenvalue weighted by molar-refractivity contribution is -0.110. The molecule has 0 bridgehead atoms. The third-order valence-electron chi connectivity index (χ3n) is 5.08. The second kappa shape index (κ2) is 9.27. The quantitative estimate of drug-likeness (QED) is 0.521. The third-order valence-corrected chi connectivity index (χ3v) is 5.84. The van der Waals surface area contributed by atoms with Crippen LogP contribution in [0.1, 0.15) is 47.0 Å². The molecule has 0 atom stereocenters. The summed E-state index contributed by atoms with van der Waals surface area (Å²) < 4.78 is 0. The summed E-state index contributed by atoms with van der Waals surface area (Å²) in [6.45, 7) is 9.68. The number of rotatable bonds is 7. The van der Waals surface area contributed by atoms with E-state index >= 15 is 0 Å². The number of hydrogen-bond donors (Lipinski definition) is 0. The minimum absolute atomic E-state index is 0.0467. The Balaban J connectivity index is 2.22. The van der Waals surface area contributed by atoms with Crippen LogP contribution >= 0.6 is 11.8 Å². The number of anilines is 1. The topological polar surface area (TPSA) is 20.3 Å². The minimum atomic E-state index is 0.0467. The van der Waals surface area contributed by atoms with Crippen LogP contribution in [0.25, 0.3) is 0 Å². The van der Waals surface area contributed by atoms with Gasteiger partial charge < -0.3 is 4.90 Å². The molecule has 140 valence electrons. The number of carbonyl (C=O) groups excluding carboxylic acids is 1. The molecule has 1 aliphatic carbocycles. The van der Waals surface area contributed by atoms with Crippen LogP contribution in [0, 0.1) is 5.41 Å². The fraction of sp³-hybridized carbons (Fsp3) is 0.435. The van der Waals surface area contributed by atoms with Gasteiger partial charge in [0.2, 0.25) is 0 Å². The summed E-state index contributed by atoms with van der Waals surface area (Å²) in [5, 5.41) is 0.974. The van der Waals surface area contributed by atoms with Crippen LogP contribution in [-0.2, 0) is 4.79 Å². The molecule has 26 heavy (non-hydrogen) atoms. The van der Waals surface area contributed by atoms with Crippen molar-refractivity contribution in [2.75, 3.05) is 17.7 Å². The third kappa shape index (κ3) is 5.14. The first kappa shape index (κ1) is 20.6. The van der Waals surface area contributed by atoms with Gasteiger partial charge in [-0.25, -0.2) is 0 Å². The number of carbonyl (C=O) groups is 1. The Morgan fingerprint density at radius 2 is 1.96 bits per heavy atom. The Morgan fingerprint density at radius 3 is 2.54 bits per heavy atom. The maximum atomic E-state index is 12.6. The predicted octanol–water partition coefficient (Wildman–Crippen LogP) is 6.37. The molecule has 0 heterocycles. The fourth-order valence-electron chi connectivity index (χ4n) is 3.67. The van der Waals surface area contributed by atoms with Crippen LogP contribution in [0.15, 0.2) is 64.7 Å². The molecular weight excluding hydrogens is 338 g/mol. The summed E-state index contributed by atoms with van der Waals surface area (Å²) in [6, 6.07) is 10.2. The van der Waals surface area contributed by atoms with Gasteiger partial charge in [-0.15, -0.1) is 11.8 Å². The van der Waals surface area contributed by atoms with Gasteiger partial charge in [0.15, 0.2) is 5.78 Å². The van der Waals surface area contributed by atoms with Crippen molar-refractivity contribution in [3.05, 3.63) is 64.7 Å². The normalized spacial score (nSPS) is 17.7. The number of nitrogens with zero attached hydrogens (tertiary/aromatic N) is 1. The van der Waals surface area contributed by atoms with Gasteiger partial charge in [0.05, 0.1) is 5.03 Å². The average Bonchev–Trinajstić information content (AvgIpc) is 2.61.